The molecule has 0 bridgehead atoms. The van der Waals surface area contributed by atoms with Crippen molar-refractivity contribution in [3.8, 4) is 0 Å². The monoisotopic (exact) mass is 321 g/mol. The fraction of sp³-hybridized carbons (Fsp3) is 0.250. The van der Waals surface area contributed by atoms with Gasteiger partial charge in [-0.2, -0.15) is 0 Å². The molecule has 21 heavy (non-hydrogen) atoms. The van der Waals surface area contributed by atoms with E-state index in [4.69, 9.17) is 34.2 Å². The standard InChI is InChI=1S/C16H13Cl2N3/c17-14-7-5-10(9-15(14)18)11-6-8-16(20-21-19)13-4-2-1-3-12(11)13/h1-5,7,9,11,16H,6,8H2/t11-,16-/m0/s1/i8D2,11D,16D. The van der Waals surface area contributed by atoms with Crippen molar-refractivity contribution in [2.75, 3.05) is 0 Å². The minimum absolute atomic E-state index is 0.171. The maximum absolute atomic E-state index is 9.02. The molecule has 0 radical (unpaired) electrons. The van der Waals surface area contributed by atoms with Gasteiger partial charge in [0.05, 0.1) is 16.1 Å². The van der Waals surface area contributed by atoms with Crippen molar-refractivity contribution in [1.82, 2.24) is 0 Å². The van der Waals surface area contributed by atoms with Crippen molar-refractivity contribution in [3.05, 3.63) is 79.6 Å². The molecule has 106 valence electrons. The Hall–Kier alpha value is -1.67. The van der Waals surface area contributed by atoms with Crippen LogP contribution in [-0.2, 0) is 0 Å². The highest BCUT2D eigenvalue weighted by Gasteiger charge is 2.27. The first-order valence-corrected chi connectivity index (χ1v) is 7.03. The highest BCUT2D eigenvalue weighted by molar-refractivity contribution is 6.42. The smallest absolute Gasteiger partial charge is 0.0628 e. The molecule has 1 aliphatic rings. The van der Waals surface area contributed by atoms with E-state index in [9.17, 15) is 0 Å². The van der Waals surface area contributed by atoms with Crippen molar-refractivity contribution >= 4 is 23.2 Å². The summed E-state index contributed by atoms with van der Waals surface area (Å²) in [7, 11) is 0. The summed E-state index contributed by atoms with van der Waals surface area (Å²) in [5.41, 5.74) is 9.89. The van der Waals surface area contributed by atoms with Gasteiger partial charge in [-0.25, -0.2) is 0 Å². The van der Waals surface area contributed by atoms with E-state index in [0.29, 0.717) is 16.1 Å². The highest BCUT2D eigenvalue weighted by atomic mass is 35.5. The molecule has 2 atom stereocenters. The maximum atomic E-state index is 9.02. The van der Waals surface area contributed by atoms with Crippen LogP contribution in [0.2, 0.25) is 10.0 Å². The number of azide groups is 1. The summed E-state index contributed by atoms with van der Waals surface area (Å²) >= 11 is 12.0. The van der Waals surface area contributed by atoms with Gasteiger partial charge in [0, 0.05) is 16.3 Å². The predicted molar refractivity (Wildman–Crippen MR) is 85.9 cm³/mol. The Bertz CT molecular complexity index is 901. The van der Waals surface area contributed by atoms with Crippen LogP contribution >= 0.6 is 23.2 Å². The highest BCUT2D eigenvalue weighted by Crippen LogP contribution is 2.43. The zero-order valence-corrected chi connectivity index (χ0v) is 12.4. The first-order valence-electron chi connectivity index (χ1n) is 8.27. The Morgan fingerprint density at radius 2 is 1.95 bits per heavy atom. The molecule has 0 aliphatic heterocycles. The van der Waals surface area contributed by atoms with Crippen LogP contribution in [-0.4, -0.2) is 0 Å². The van der Waals surface area contributed by atoms with Crippen LogP contribution in [0.25, 0.3) is 10.4 Å². The second kappa shape index (κ2) is 5.98. The van der Waals surface area contributed by atoms with E-state index < -0.39 is 18.3 Å². The summed E-state index contributed by atoms with van der Waals surface area (Å²) in [5.74, 6) is -1.50. The van der Waals surface area contributed by atoms with E-state index in [1.807, 2.05) is 0 Å². The van der Waals surface area contributed by atoms with Gasteiger partial charge in [-0.15, -0.1) is 0 Å². The summed E-state index contributed by atoms with van der Waals surface area (Å²) in [5, 5.41) is 4.05. The van der Waals surface area contributed by atoms with Gasteiger partial charge in [0.25, 0.3) is 0 Å². The number of halogens is 2. The molecule has 0 amide bonds. The quantitative estimate of drug-likeness (QED) is 0.355. The third-order valence-electron chi connectivity index (χ3n) is 3.35. The molecule has 5 heteroatoms. The fourth-order valence-corrected chi connectivity index (χ4v) is 2.69. The van der Waals surface area contributed by atoms with Gasteiger partial charge in [0.1, 0.15) is 0 Å². The van der Waals surface area contributed by atoms with Crippen LogP contribution in [0.3, 0.4) is 0 Å². The molecule has 0 saturated carbocycles. The predicted octanol–water partition coefficient (Wildman–Crippen LogP) is 6.27. The average Bonchev–Trinajstić information content (AvgIpc) is 2.56. The molecule has 3 rings (SSSR count). The van der Waals surface area contributed by atoms with Crippen LogP contribution in [0.5, 0.6) is 0 Å². The maximum Gasteiger partial charge on any atom is 0.0628 e. The Morgan fingerprint density at radius 1 is 1.19 bits per heavy atom. The molecule has 0 saturated heterocycles. The molecule has 0 aromatic heterocycles. The number of benzene rings is 2. The number of fused-ring (bicyclic) bond motifs is 1. The van der Waals surface area contributed by atoms with E-state index in [1.54, 1.807) is 30.3 Å². The lowest BCUT2D eigenvalue weighted by Crippen LogP contribution is -2.14. The van der Waals surface area contributed by atoms with Gasteiger partial charge in [-0.05, 0) is 47.1 Å². The van der Waals surface area contributed by atoms with Gasteiger partial charge in [0.2, 0.25) is 0 Å². The van der Waals surface area contributed by atoms with Gasteiger partial charge in [0.15, 0.2) is 0 Å². The molecule has 0 heterocycles. The molecule has 0 fully saturated rings. The first-order chi connectivity index (χ1) is 11.7. The third kappa shape index (κ3) is 2.73. The van der Waals surface area contributed by atoms with Gasteiger partial charge < -0.3 is 0 Å². The molecule has 0 spiro atoms. The van der Waals surface area contributed by atoms with Crippen molar-refractivity contribution < 1.29 is 5.48 Å². The molecular weight excluding hydrogens is 305 g/mol. The number of nitrogens with zero attached hydrogens (tertiary/aromatic N) is 3. The molecule has 2 aromatic carbocycles. The fourth-order valence-electron chi connectivity index (χ4n) is 2.39. The summed E-state index contributed by atoms with van der Waals surface area (Å²) in [6.45, 7) is 0. The van der Waals surface area contributed by atoms with Crippen LogP contribution in [0.4, 0.5) is 0 Å². The largest absolute Gasteiger partial charge is 0.0859 e. The summed E-state index contributed by atoms with van der Waals surface area (Å²) < 4.78 is 34.2. The van der Waals surface area contributed by atoms with Crippen molar-refractivity contribution in [2.24, 2.45) is 5.11 Å². The molecule has 1 aliphatic carbocycles. The first kappa shape index (κ1) is 10.1. The number of hydrogen-bond acceptors (Lipinski definition) is 1. The zero-order valence-electron chi connectivity index (χ0n) is 14.8. The minimum Gasteiger partial charge on any atom is -0.0859 e. The topological polar surface area (TPSA) is 48.8 Å². The molecule has 0 N–H and O–H groups in total. The second-order valence-corrected chi connectivity index (χ2v) is 5.36. The SMILES string of the molecule is [2H]C1([2H])C[C@@]([2H])(c2ccc(Cl)c(Cl)c2)c2ccccc2[C@@]1([2H])N=[N+]=[N-]. The minimum atomic E-state index is -2.26. The van der Waals surface area contributed by atoms with Crippen molar-refractivity contribution in [2.45, 2.75) is 24.7 Å². The van der Waals surface area contributed by atoms with Crippen LogP contribution < -0.4 is 0 Å². The van der Waals surface area contributed by atoms with Crippen LogP contribution in [0, 0.1) is 0 Å². The average molecular weight is 322 g/mol. The van der Waals surface area contributed by atoms with E-state index >= 15 is 0 Å². The van der Waals surface area contributed by atoms with Gasteiger partial charge in [-0.3, -0.25) is 0 Å². The molecule has 2 aromatic rings. The van der Waals surface area contributed by atoms with E-state index in [2.05, 4.69) is 10.0 Å². The van der Waals surface area contributed by atoms with E-state index in [1.165, 1.54) is 12.1 Å². The third-order valence-corrected chi connectivity index (χ3v) is 4.09. The lowest BCUT2D eigenvalue weighted by atomic mass is 9.77. The van der Waals surface area contributed by atoms with E-state index in [0.717, 1.165) is 0 Å². The molecule has 0 unspecified atom stereocenters. The zero-order chi connectivity index (χ0) is 18.5. The van der Waals surface area contributed by atoms with Crippen molar-refractivity contribution in [1.29, 1.82) is 0 Å². The molecular formula is C16H13Cl2N3. The number of hydrogen-bond donors (Lipinski definition) is 0. The Kier molecular flexibility index (Phi) is 2.88. The van der Waals surface area contributed by atoms with Crippen LogP contribution in [0.15, 0.2) is 47.6 Å². The summed E-state index contributed by atoms with van der Waals surface area (Å²) in [6.07, 6.45) is -2.63. The Balaban J connectivity index is 2.32. The number of rotatable bonds is 2. The van der Waals surface area contributed by atoms with Gasteiger partial charge >= 0.3 is 0 Å². The lowest BCUT2D eigenvalue weighted by molar-refractivity contribution is 0.528. The second-order valence-electron chi connectivity index (χ2n) is 4.54. The van der Waals surface area contributed by atoms with Gasteiger partial charge in [-0.1, -0.05) is 58.6 Å². The lowest BCUT2D eigenvalue weighted by Gasteiger charge is -2.29. The summed E-state index contributed by atoms with van der Waals surface area (Å²) in [4.78, 5) is 2.67. The summed E-state index contributed by atoms with van der Waals surface area (Å²) in [6, 6.07) is 9.07. The Labute approximate surface area is 138 Å². The normalized spacial score (nSPS) is 32.7. The van der Waals surface area contributed by atoms with Crippen molar-refractivity contribution in [3.63, 3.8) is 0 Å². The van der Waals surface area contributed by atoms with E-state index in [-0.39, 0.29) is 17.0 Å². The molecule has 3 nitrogen and oxygen atoms in total. The van der Waals surface area contributed by atoms with Crippen LogP contribution in [0.1, 0.15) is 46.9 Å². The Morgan fingerprint density at radius 3 is 2.67 bits per heavy atom.